The molecule has 27 heavy (non-hydrogen) atoms. The van der Waals surface area contributed by atoms with E-state index in [1.54, 1.807) is 0 Å². The zero-order chi connectivity index (χ0) is 19.4. The van der Waals surface area contributed by atoms with Crippen LogP contribution in [0.3, 0.4) is 0 Å². The molecule has 0 saturated heterocycles. The van der Waals surface area contributed by atoms with E-state index in [9.17, 15) is 13.2 Å². The quantitative estimate of drug-likeness (QED) is 0.820. The first-order valence-corrected chi connectivity index (χ1v) is 10.7. The van der Waals surface area contributed by atoms with E-state index in [4.69, 9.17) is 0 Å². The van der Waals surface area contributed by atoms with Crippen molar-refractivity contribution in [1.82, 2.24) is 4.31 Å². The van der Waals surface area contributed by atoms with Crippen LogP contribution in [0.15, 0.2) is 42.5 Å². The number of carbonyl (C=O) groups is 1. The molecule has 0 unspecified atom stereocenters. The molecule has 2 N–H and O–H groups in total. The smallest absolute Gasteiger partial charge is 0.308 e. The van der Waals surface area contributed by atoms with Crippen LogP contribution in [-0.4, -0.2) is 31.1 Å². The fraction of sp³-hybridized carbons (Fsp3) is 0.350. The highest BCUT2D eigenvalue weighted by Gasteiger charge is 2.26. The molecule has 0 fully saturated rings. The summed E-state index contributed by atoms with van der Waals surface area (Å²) < 4.78 is 26.2. The van der Waals surface area contributed by atoms with Gasteiger partial charge in [0, 0.05) is 24.5 Å². The van der Waals surface area contributed by atoms with Crippen molar-refractivity contribution in [2.24, 2.45) is 0 Å². The van der Waals surface area contributed by atoms with Gasteiger partial charge >= 0.3 is 6.03 Å². The second kappa shape index (κ2) is 8.10. The van der Waals surface area contributed by atoms with E-state index in [2.05, 4.69) is 10.6 Å². The number of benzene rings is 2. The molecule has 6 nitrogen and oxygen atoms in total. The number of aryl methyl sites for hydroxylation is 1. The summed E-state index contributed by atoms with van der Waals surface area (Å²) in [4.78, 5) is 12.3. The molecule has 1 heterocycles. The van der Waals surface area contributed by atoms with Gasteiger partial charge in [0.05, 0.1) is 5.75 Å². The minimum Gasteiger partial charge on any atom is -0.308 e. The predicted octanol–water partition coefficient (Wildman–Crippen LogP) is 3.74. The molecule has 144 valence electrons. The average Bonchev–Trinajstić information content (AvgIpc) is 2.63. The third-order valence-corrected chi connectivity index (χ3v) is 6.71. The van der Waals surface area contributed by atoms with Crippen LogP contribution in [0.4, 0.5) is 16.2 Å². The van der Waals surface area contributed by atoms with E-state index >= 15 is 0 Å². The Kier molecular flexibility index (Phi) is 5.82. The Morgan fingerprint density at radius 2 is 1.89 bits per heavy atom. The summed E-state index contributed by atoms with van der Waals surface area (Å²) in [6.07, 6.45) is 1.29. The van der Waals surface area contributed by atoms with Gasteiger partial charge < -0.3 is 10.6 Å². The van der Waals surface area contributed by atoms with Gasteiger partial charge in [-0.2, -0.15) is 4.31 Å². The fourth-order valence-corrected chi connectivity index (χ4v) is 4.71. The maximum absolute atomic E-state index is 12.3. The number of fused-ring (bicyclic) bond motifs is 1. The molecule has 0 atom stereocenters. The molecule has 0 bridgehead atoms. The van der Waals surface area contributed by atoms with Crippen LogP contribution >= 0.6 is 0 Å². The first-order valence-electron chi connectivity index (χ1n) is 9.12. The van der Waals surface area contributed by atoms with Crippen LogP contribution in [0, 0.1) is 6.92 Å². The van der Waals surface area contributed by atoms with E-state index < -0.39 is 10.0 Å². The molecule has 0 spiro atoms. The summed E-state index contributed by atoms with van der Waals surface area (Å²) in [6, 6.07) is 12.9. The maximum Gasteiger partial charge on any atom is 0.323 e. The third-order valence-electron chi connectivity index (χ3n) is 4.69. The normalized spacial score (nSPS) is 14.4. The van der Waals surface area contributed by atoms with Crippen molar-refractivity contribution < 1.29 is 13.2 Å². The van der Waals surface area contributed by atoms with Gasteiger partial charge in [0.15, 0.2) is 0 Å². The van der Waals surface area contributed by atoms with E-state index in [0.717, 1.165) is 22.4 Å². The lowest BCUT2D eigenvalue weighted by Gasteiger charge is -2.28. The molecule has 0 aliphatic carbocycles. The molecular weight excluding hydrogens is 362 g/mol. The second-order valence-electron chi connectivity index (χ2n) is 6.78. The van der Waals surface area contributed by atoms with E-state index in [1.807, 2.05) is 56.3 Å². The maximum atomic E-state index is 12.3. The predicted molar refractivity (Wildman–Crippen MR) is 108 cm³/mol. The summed E-state index contributed by atoms with van der Waals surface area (Å²) in [7, 11) is -3.22. The van der Waals surface area contributed by atoms with Crippen LogP contribution in [0.1, 0.15) is 30.0 Å². The summed E-state index contributed by atoms with van der Waals surface area (Å²) in [5, 5.41) is 5.66. The molecule has 1 aliphatic rings. The zero-order valence-corrected chi connectivity index (χ0v) is 16.5. The van der Waals surface area contributed by atoms with Crippen molar-refractivity contribution in [2.75, 3.05) is 22.9 Å². The Hall–Kier alpha value is -2.38. The highest BCUT2D eigenvalue weighted by molar-refractivity contribution is 7.89. The molecule has 2 aromatic carbocycles. The fourth-order valence-electron chi connectivity index (χ4n) is 3.23. The lowest BCUT2D eigenvalue weighted by atomic mass is 10.0. The van der Waals surface area contributed by atoms with Crippen molar-refractivity contribution in [1.29, 1.82) is 0 Å². The van der Waals surface area contributed by atoms with E-state index in [0.29, 0.717) is 31.6 Å². The van der Waals surface area contributed by atoms with Gasteiger partial charge in [-0.3, -0.25) is 0 Å². The van der Waals surface area contributed by atoms with Crippen molar-refractivity contribution in [2.45, 2.75) is 33.2 Å². The van der Waals surface area contributed by atoms with Gasteiger partial charge in [-0.15, -0.1) is 0 Å². The van der Waals surface area contributed by atoms with Crippen LogP contribution in [0.2, 0.25) is 0 Å². The summed E-state index contributed by atoms with van der Waals surface area (Å²) >= 11 is 0. The molecule has 2 amide bonds. The number of anilines is 2. The van der Waals surface area contributed by atoms with Gasteiger partial charge in [0.1, 0.15) is 0 Å². The van der Waals surface area contributed by atoms with E-state index in [1.165, 1.54) is 4.31 Å². The highest BCUT2D eigenvalue weighted by Crippen LogP contribution is 2.25. The molecule has 0 aromatic heterocycles. The first kappa shape index (κ1) is 19.4. The van der Waals surface area contributed by atoms with Crippen molar-refractivity contribution in [3.63, 3.8) is 0 Å². The monoisotopic (exact) mass is 387 g/mol. The second-order valence-corrected chi connectivity index (χ2v) is 8.87. The van der Waals surface area contributed by atoms with Crippen molar-refractivity contribution in [3.05, 3.63) is 59.2 Å². The number of sulfonamides is 1. The summed E-state index contributed by atoms with van der Waals surface area (Å²) in [5.74, 6) is 0.166. The van der Waals surface area contributed by atoms with Crippen LogP contribution in [0.5, 0.6) is 0 Å². The third kappa shape index (κ3) is 4.67. The van der Waals surface area contributed by atoms with Crippen molar-refractivity contribution >= 4 is 27.4 Å². The number of hydrogen-bond donors (Lipinski definition) is 2. The molecule has 0 radical (unpaired) electrons. The van der Waals surface area contributed by atoms with E-state index in [-0.39, 0.29) is 11.8 Å². The molecule has 7 heteroatoms. The zero-order valence-electron chi connectivity index (χ0n) is 15.7. The van der Waals surface area contributed by atoms with Crippen LogP contribution < -0.4 is 10.6 Å². The Morgan fingerprint density at radius 3 is 2.63 bits per heavy atom. The number of para-hydroxylation sites is 1. The first-order chi connectivity index (χ1) is 12.9. The Morgan fingerprint density at radius 1 is 1.11 bits per heavy atom. The molecule has 2 aromatic rings. The standard InChI is InChI=1S/C20H25N3O3S/c1-3-12-27(25,26)23-11-10-16-8-9-18(13-17(16)14-23)21-20(24)22-19-7-5-4-6-15(19)2/h4-9,13H,3,10-12,14H2,1-2H3,(H2,21,22,24). The summed E-state index contributed by atoms with van der Waals surface area (Å²) in [6.45, 7) is 4.66. The number of nitrogens with one attached hydrogen (secondary N) is 2. The molecular formula is C20H25N3O3S. The Balaban J connectivity index is 1.71. The Bertz CT molecular complexity index is 941. The van der Waals surface area contributed by atoms with Crippen molar-refractivity contribution in [3.8, 4) is 0 Å². The number of hydrogen-bond acceptors (Lipinski definition) is 3. The topological polar surface area (TPSA) is 78.5 Å². The largest absolute Gasteiger partial charge is 0.323 e. The van der Waals surface area contributed by atoms with Gasteiger partial charge in [0.25, 0.3) is 0 Å². The molecule has 1 aliphatic heterocycles. The number of nitrogens with zero attached hydrogens (tertiary/aromatic N) is 1. The lowest BCUT2D eigenvalue weighted by Crippen LogP contribution is -2.37. The van der Waals surface area contributed by atoms with Crippen LogP contribution in [0.25, 0.3) is 0 Å². The number of rotatable bonds is 5. The number of carbonyl (C=O) groups excluding carboxylic acids is 1. The lowest BCUT2D eigenvalue weighted by molar-refractivity contribution is 0.262. The number of amides is 2. The minimum atomic E-state index is -3.22. The van der Waals surface area contributed by atoms with Gasteiger partial charge in [0.2, 0.25) is 10.0 Å². The van der Waals surface area contributed by atoms with Gasteiger partial charge in [-0.1, -0.05) is 31.2 Å². The summed E-state index contributed by atoms with van der Waals surface area (Å²) in [5.41, 5.74) is 4.45. The number of urea groups is 1. The minimum absolute atomic E-state index is 0.166. The van der Waals surface area contributed by atoms with Gasteiger partial charge in [-0.25, -0.2) is 13.2 Å². The highest BCUT2D eigenvalue weighted by atomic mass is 32.2. The van der Waals surface area contributed by atoms with Gasteiger partial charge in [-0.05, 0) is 54.7 Å². The average molecular weight is 388 g/mol. The Labute approximate surface area is 160 Å². The molecule has 0 saturated carbocycles. The molecule has 3 rings (SSSR count). The van der Waals surface area contributed by atoms with Crippen LogP contribution in [-0.2, 0) is 23.0 Å². The SMILES string of the molecule is CCCS(=O)(=O)N1CCc2ccc(NC(=O)Nc3ccccc3C)cc2C1.